The molecule has 1 nitrogen and oxygen atoms in total. The van der Waals surface area contributed by atoms with Crippen LogP contribution in [0.4, 0.5) is 17.1 Å². The van der Waals surface area contributed by atoms with Crippen molar-refractivity contribution in [1.29, 1.82) is 0 Å². The molecule has 0 saturated carbocycles. The second-order valence-corrected chi connectivity index (χ2v) is 16.6. The van der Waals surface area contributed by atoms with Gasteiger partial charge in [-0.15, -0.1) is 0 Å². The van der Waals surface area contributed by atoms with Gasteiger partial charge in [-0.25, -0.2) is 0 Å². The first-order valence-corrected chi connectivity index (χ1v) is 19.0. The first-order valence-electron chi connectivity index (χ1n) is 19.0. The molecular weight excluding hydrogens is 639 g/mol. The van der Waals surface area contributed by atoms with E-state index >= 15 is 0 Å². The van der Waals surface area contributed by atoms with Gasteiger partial charge in [0.1, 0.15) is 0 Å². The zero-order valence-corrected chi connectivity index (χ0v) is 32.0. The largest absolute Gasteiger partial charge is 0.310 e. The predicted molar refractivity (Wildman–Crippen MR) is 227 cm³/mol. The average Bonchev–Trinajstić information content (AvgIpc) is 3.64. The standard InChI is InChI=1S/C52H47N/c1-9-17-37-39-29-28-36(30-45(39)50(3,4)42(37)10-2)53(35-26-24-34(25-27-35)33-18-12-11-13-19-33)48-23-16-22-44-49(48)41-31-40-38-20-14-15-21-43(38)51(5,6)46(40)32-47(41)52(44,7)8/h9-32H,2H2,1,3-8H3/b17-9-. The van der Waals surface area contributed by atoms with Gasteiger partial charge in [0.05, 0.1) is 5.69 Å². The predicted octanol–water partition coefficient (Wildman–Crippen LogP) is 14.2. The highest BCUT2D eigenvalue weighted by molar-refractivity contribution is 5.99. The summed E-state index contributed by atoms with van der Waals surface area (Å²) < 4.78 is 0. The molecule has 0 saturated heterocycles. The molecule has 1 heteroatoms. The van der Waals surface area contributed by atoms with E-state index in [-0.39, 0.29) is 16.2 Å². The molecule has 0 unspecified atom stereocenters. The van der Waals surface area contributed by atoms with Crippen molar-refractivity contribution in [2.75, 3.05) is 4.90 Å². The Morgan fingerprint density at radius 1 is 0.491 bits per heavy atom. The Labute approximate surface area is 315 Å². The van der Waals surface area contributed by atoms with E-state index in [1.54, 1.807) is 0 Å². The first kappa shape index (κ1) is 33.2. The van der Waals surface area contributed by atoms with Crippen LogP contribution in [0.5, 0.6) is 0 Å². The Kier molecular flexibility index (Phi) is 7.31. The lowest BCUT2D eigenvalue weighted by Crippen LogP contribution is -2.19. The molecule has 3 aliphatic rings. The zero-order chi connectivity index (χ0) is 36.9. The van der Waals surface area contributed by atoms with Crippen LogP contribution in [-0.4, -0.2) is 0 Å². The fraction of sp³-hybridized carbons (Fsp3) is 0.192. The number of hydrogen-bond acceptors (Lipinski definition) is 1. The van der Waals surface area contributed by atoms with Gasteiger partial charge in [0, 0.05) is 33.2 Å². The molecule has 0 spiro atoms. The van der Waals surface area contributed by atoms with E-state index in [1.807, 2.05) is 0 Å². The van der Waals surface area contributed by atoms with Crippen molar-refractivity contribution in [3.05, 3.63) is 191 Å². The number of benzene rings is 6. The minimum absolute atomic E-state index is 0.0530. The monoisotopic (exact) mass is 685 g/mol. The molecule has 0 bridgehead atoms. The molecule has 0 aliphatic heterocycles. The second-order valence-electron chi connectivity index (χ2n) is 16.6. The topological polar surface area (TPSA) is 3.24 Å². The molecule has 0 amide bonds. The lowest BCUT2D eigenvalue weighted by Gasteiger charge is -2.30. The fourth-order valence-corrected chi connectivity index (χ4v) is 9.77. The lowest BCUT2D eigenvalue weighted by atomic mass is 9.78. The maximum absolute atomic E-state index is 4.26. The van der Waals surface area contributed by atoms with E-state index in [0.29, 0.717) is 0 Å². The van der Waals surface area contributed by atoms with Gasteiger partial charge in [-0.2, -0.15) is 0 Å². The number of hydrogen-bond donors (Lipinski definition) is 0. The van der Waals surface area contributed by atoms with Crippen LogP contribution in [0.1, 0.15) is 81.8 Å². The molecule has 9 rings (SSSR count). The van der Waals surface area contributed by atoms with Crippen LogP contribution < -0.4 is 4.90 Å². The third-order valence-corrected chi connectivity index (χ3v) is 12.6. The first-order chi connectivity index (χ1) is 25.5. The van der Waals surface area contributed by atoms with Gasteiger partial charge in [-0.1, -0.05) is 157 Å². The normalized spacial score (nSPS) is 16.6. The summed E-state index contributed by atoms with van der Waals surface area (Å²) >= 11 is 0. The number of anilines is 3. The van der Waals surface area contributed by atoms with Crippen molar-refractivity contribution in [3.8, 4) is 33.4 Å². The van der Waals surface area contributed by atoms with Crippen molar-refractivity contribution in [2.45, 2.75) is 64.7 Å². The van der Waals surface area contributed by atoms with Crippen LogP contribution >= 0.6 is 0 Å². The van der Waals surface area contributed by atoms with Gasteiger partial charge in [-0.3, -0.25) is 0 Å². The lowest BCUT2D eigenvalue weighted by molar-refractivity contribution is 0.639. The van der Waals surface area contributed by atoms with E-state index in [9.17, 15) is 0 Å². The highest BCUT2D eigenvalue weighted by atomic mass is 15.1. The second kappa shape index (κ2) is 11.7. The van der Waals surface area contributed by atoms with Crippen LogP contribution in [0.25, 0.3) is 39.0 Å². The van der Waals surface area contributed by atoms with Gasteiger partial charge >= 0.3 is 0 Å². The Balaban J connectivity index is 1.29. The summed E-state index contributed by atoms with van der Waals surface area (Å²) in [6.07, 6.45) is 6.43. The van der Waals surface area contributed by atoms with E-state index in [1.165, 1.54) is 83.6 Å². The number of allylic oxidation sites excluding steroid dienone is 5. The van der Waals surface area contributed by atoms with Gasteiger partial charge in [0.15, 0.2) is 0 Å². The molecule has 0 radical (unpaired) electrons. The minimum Gasteiger partial charge on any atom is -0.310 e. The summed E-state index contributed by atoms with van der Waals surface area (Å²) in [5.41, 5.74) is 21.7. The summed E-state index contributed by atoms with van der Waals surface area (Å²) in [6, 6.07) is 47.9. The summed E-state index contributed by atoms with van der Waals surface area (Å²) in [6.45, 7) is 20.6. The van der Waals surface area contributed by atoms with Crippen LogP contribution in [0, 0.1) is 0 Å². The van der Waals surface area contributed by atoms with Crippen molar-refractivity contribution in [3.63, 3.8) is 0 Å². The average molecular weight is 686 g/mol. The molecule has 6 aromatic carbocycles. The third kappa shape index (κ3) is 4.69. The smallest absolute Gasteiger partial charge is 0.0543 e. The van der Waals surface area contributed by atoms with Crippen LogP contribution in [0.2, 0.25) is 0 Å². The fourth-order valence-electron chi connectivity index (χ4n) is 9.77. The molecule has 260 valence electrons. The molecule has 0 N–H and O–H groups in total. The number of fused-ring (bicyclic) bond motifs is 7. The summed E-state index contributed by atoms with van der Waals surface area (Å²) in [7, 11) is 0. The molecule has 0 heterocycles. The van der Waals surface area contributed by atoms with Crippen LogP contribution in [0.15, 0.2) is 158 Å². The molecular formula is C52H47N. The molecule has 53 heavy (non-hydrogen) atoms. The van der Waals surface area contributed by atoms with E-state index in [0.717, 1.165) is 11.4 Å². The van der Waals surface area contributed by atoms with Crippen LogP contribution in [0.3, 0.4) is 0 Å². The minimum atomic E-state index is -0.182. The van der Waals surface area contributed by atoms with Crippen molar-refractivity contribution >= 4 is 22.6 Å². The van der Waals surface area contributed by atoms with Crippen LogP contribution in [-0.2, 0) is 16.2 Å². The Hall–Kier alpha value is -5.66. The van der Waals surface area contributed by atoms with Gasteiger partial charge in [0.2, 0.25) is 0 Å². The SMILES string of the molecule is C=CC1=C(/C=C\C)c2ccc(N(c3ccc(-c4ccccc4)cc3)c3cccc4c3-c3cc5c(cc3C4(C)C)C(C)(C)c3ccccc3-5)cc2C1(C)C. The highest BCUT2D eigenvalue weighted by Crippen LogP contribution is 2.59. The van der Waals surface area contributed by atoms with E-state index < -0.39 is 0 Å². The summed E-state index contributed by atoms with van der Waals surface area (Å²) in [4.78, 5) is 2.50. The maximum atomic E-state index is 4.26. The zero-order valence-electron chi connectivity index (χ0n) is 32.0. The van der Waals surface area contributed by atoms with E-state index in [2.05, 4.69) is 206 Å². The molecule has 6 aromatic rings. The molecule has 0 atom stereocenters. The van der Waals surface area contributed by atoms with Crippen molar-refractivity contribution in [1.82, 2.24) is 0 Å². The van der Waals surface area contributed by atoms with E-state index in [4.69, 9.17) is 0 Å². The van der Waals surface area contributed by atoms with Crippen molar-refractivity contribution in [2.24, 2.45) is 0 Å². The maximum Gasteiger partial charge on any atom is 0.0543 e. The van der Waals surface area contributed by atoms with Gasteiger partial charge in [0.25, 0.3) is 0 Å². The van der Waals surface area contributed by atoms with Crippen molar-refractivity contribution < 1.29 is 0 Å². The van der Waals surface area contributed by atoms with Gasteiger partial charge in [-0.05, 0) is 116 Å². The quantitative estimate of drug-likeness (QED) is 0.169. The van der Waals surface area contributed by atoms with Gasteiger partial charge < -0.3 is 4.90 Å². The molecule has 0 aromatic heterocycles. The Bertz CT molecular complexity index is 2540. The summed E-state index contributed by atoms with van der Waals surface area (Å²) in [5, 5.41) is 0. The molecule has 3 aliphatic carbocycles. The highest BCUT2D eigenvalue weighted by Gasteiger charge is 2.43. The Morgan fingerprint density at radius 3 is 1.85 bits per heavy atom. The Morgan fingerprint density at radius 2 is 1.11 bits per heavy atom. The number of nitrogens with zero attached hydrogens (tertiary/aromatic N) is 1. The molecule has 0 fully saturated rings. The number of rotatable bonds is 6. The third-order valence-electron chi connectivity index (χ3n) is 12.6. The summed E-state index contributed by atoms with van der Waals surface area (Å²) in [5.74, 6) is 0.